The fraction of sp³-hybridized carbons (Fsp3) is 0.368. The molecule has 2 heterocycles. The van der Waals surface area contributed by atoms with E-state index < -0.39 is 0 Å². The standard InChI is InChI=1S/C19H21N3O3S/c1-12-16(26-13(2)21-12)9-10-20-17(23)8-5-11-22-18(24)14-6-3-4-7-15(14)19(22)25/h3-4,6-7H,5,8-11H2,1-2H3,(H,20,23). The summed E-state index contributed by atoms with van der Waals surface area (Å²) in [5.74, 6) is -0.621. The Morgan fingerprint density at radius 1 is 1.15 bits per heavy atom. The van der Waals surface area contributed by atoms with Crippen molar-refractivity contribution in [2.45, 2.75) is 33.1 Å². The van der Waals surface area contributed by atoms with Gasteiger partial charge in [0.2, 0.25) is 5.91 Å². The van der Waals surface area contributed by atoms with E-state index in [1.807, 2.05) is 13.8 Å². The Morgan fingerprint density at radius 2 is 1.81 bits per heavy atom. The van der Waals surface area contributed by atoms with Gasteiger partial charge in [0.15, 0.2) is 0 Å². The highest BCUT2D eigenvalue weighted by Gasteiger charge is 2.34. The number of fused-ring (bicyclic) bond motifs is 1. The molecule has 0 unspecified atom stereocenters. The Labute approximate surface area is 156 Å². The lowest BCUT2D eigenvalue weighted by atomic mass is 10.1. The molecule has 2 aromatic rings. The fourth-order valence-electron chi connectivity index (χ4n) is 3.05. The van der Waals surface area contributed by atoms with Crippen LogP contribution in [0.25, 0.3) is 0 Å². The Kier molecular flexibility index (Phi) is 5.46. The molecular weight excluding hydrogens is 350 g/mol. The van der Waals surface area contributed by atoms with Crippen molar-refractivity contribution in [1.29, 1.82) is 0 Å². The summed E-state index contributed by atoms with van der Waals surface area (Å²) < 4.78 is 0. The number of carbonyl (C=O) groups is 3. The molecule has 136 valence electrons. The number of amides is 3. The molecule has 1 aliphatic heterocycles. The summed E-state index contributed by atoms with van der Waals surface area (Å²) in [7, 11) is 0. The van der Waals surface area contributed by atoms with Gasteiger partial charge in [-0.3, -0.25) is 19.3 Å². The van der Waals surface area contributed by atoms with Gasteiger partial charge in [-0.05, 0) is 32.4 Å². The topological polar surface area (TPSA) is 79.4 Å². The molecule has 0 saturated heterocycles. The van der Waals surface area contributed by atoms with Crippen molar-refractivity contribution in [3.05, 3.63) is 51.0 Å². The summed E-state index contributed by atoms with van der Waals surface area (Å²) >= 11 is 1.65. The van der Waals surface area contributed by atoms with Crippen molar-refractivity contribution in [2.24, 2.45) is 0 Å². The van der Waals surface area contributed by atoms with Gasteiger partial charge in [0.05, 0.1) is 21.8 Å². The zero-order valence-electron chi connectivity index (χ0n) is 14.9. The quantitative estimate of drug-likeness (QED) is 0.759. The number of nitrogens with zero attached hydrogens (tertiary/aromatic N) is 2. The lowest BCUT2D eigenvalue weighted by molar-refractivity contribution is -0.121. The Morgan fingerprint density at radius 3 is 2.38 bits per heavy atom. The first-order valence-corrected chi connectivity index (χ1v) is 9.44. The van der Waals surface area contributed by atoms with Crippen LogP contribution in [0, 0.1) is 13.8 Å². The first-order valence-electron chi connectivity index (χ1n) is 8.62. The van der Waals surface area contributed by atoms with Crippen LogP contribution < -0.4 is 5.32 Å². The van der Waals surface area contributed by atoms with E-state index in [-0.39, 0.29) is 30.7 Å². The zero-order valence-corrected chi connectivity index (χ0v) is 15.7. The third-order valence-corrected chi connectivity index (χ3v) is 5.47. The number of hydrogen-bond donors (Lipinski definition) is 1. The largest absolute Gasteiger partial charge is 0.356 e. The van der Waals surface area contributed by atoms with Gasteiger partial charge in [0.25, 0.3) is 11.8 Å². The summed E-state index contributed by atoms with van der Waals surface area (Å²) in [6, 6.07) is 6.80. The van der Waals surface area contributed by atoms with Crippen molar-refractivity contribution in [1.82, 2.24) is 15.2 Å². The van der Waals surface area contributed by atoms with E-state index in [1.165, 1.54) is 9.78 Å². The number of carbonyl (C=O) groups excluding carboxylic acids is 3. The van der Waals surface area contributed by atoms with Gasteiger partial charge in [0.1, 0.15) is 0 Å². The highest BCUT2D eigenvalue weighted by Crippen LogP contribution is 2.22. The summed E-state index contributed by atoms with van der Waals surface area (Å²) in [5, 5.41) is 3.92. The predicted octanol–water partition coefficient (Wildman–Crippen LogP) is 2.50. The smallest absolute Gasteiger partial charge is 0.261 e. The van der Waals surface area contributed by atoms with Crippen LogP contribution in [0.4, 0.5) is 0 Å². The van der Waals surface area contributed by atoms with Crippen LogP contribution in [0.1, 0.15) is 49.1 Å². The molecule has 6 nitrogen and oxygen atoms in total. The molecule has 1 aromatic heterocycles. The van der Waals surface area contributed by atoms with Crippen LogP contribution in [0.3, 0.4) is 0 Å². The Balaban J connectivity index is 1.41. The molecule has 3 rings (SSSR count). The Bertz CT molecular complexity index is 824. The van der Waals surface area contributed by atoms with E-state index >= 15 is 0 Å². The fourth-order valence-corrected chi connectivity index (χ4v) is 3.99. The van der Waals surface area contributed by atoms with Crippen molar-refractivity contribution >= 4 is 29.1 Å². The molecule has 0 spiro atoms. The van der Waals surface area contributed by atoms with E-state index in [0.717, 1.165) is 17.1 Å². The van der Waals surface area contributed by atoms with Crippen LogP contribution in [0.15, 0.2) is 24.3 Å². The number of benzene rings is 1. The van der Waals surface area contributed by atoms with Gasteiger partial charge in [0, 0.05) is 30.8 Å². The summed E-state index contributed by atoms with van der Waals surface area (Å²) in [5.41, 5.74) is 1.90. The van der Waals surface area contributed by atoms with Gasteiger partial charge >= 0.3 is 0 Å². The second-order valence-electron chi connectivity index (χ2n) is 6.25. The average Bonchev–Trinajstić information content (AvgIpc) is 3.06. The number of rotatable bonds is 7. The third-order valence-electron chi connectivity index (χ3n) is 4.34. The molecule has 0 radical (unpaired) electrons. The van der Waals surface area contributed by atoms with E-state index in [0.29, 0.717) is 24.1 Å². The molecule has 7 heteroatoms. The maximum Gasteiger partial charge on any atom is 0.261 e. The first-order chi connectivity index (χ1) is 12.5. The maximum atomic E-state index is 12.2. The second kappa shape index (κ2) is 7.78. The number of imide groups is 1. The Hall–Kier alpha value is -2.54. The molecule has 26 heavy (non-hydrogen) atoms. The molecule has 0 fully saturated rings. The molecule has 0 saturated carbocycles. The van der Waals surface area contributed by atoms with E-state index in [4.69, 9.17) is 0 Å². The monoisotopic (exact) mass is 371 g/mol. The lowest BCUT2D eigenvalue weighted by Crippen LogP contribution is -2.32. The number of aromatic nitrogens is 1. The second-order valence-corrected chi connectivity index (χ2v) is 7.54. The molecule has 0 atom stereocenters. The summed E-state index contributed by atoms with van der Waals surface area (Å²) in [4.78, 5) is 43.2. The molecule has 0 bridgehead atoms. The van der Waals surface area contributed by atoms with Crippen LogP contribution in [0.2, 0.25) is 0 Å². The molecule has 0 aliphatic carbocycles. The van der Waals surface area contributed by atoms with Gasteiger partial charge in [-0.25, -0.2) is 4.98 Å². The first kappa shape index (κ1) is 18.3. The lowest BCUT2D eigenvalue weighted by Gasteiger charge is -2.13. The number of aryl methyl sites for hydroxylation is 2. The molecule has 1 aromatic carbocycles. The highest BCUT2D eigenvalue weighted by molar-refractivity contribution is 7.11. The third kappa shape index (κ3) is 3.83. The van der Waals surface area contributed by atoms with Gasteiger partial charge < -0.3 is 5.32 Å². The summed E-state index contributed by atoms with van der Waals surface area (Å²) in [6.07, 6.45) is 1.51. The van der Waals surface area contributed by atoms with E-state index in [9.17, 15) is 14.4 Å². The van der Waals surface area contributed by atoms with Gasteiger partial charge in [-0.15, -0.1) is 11.3 Å². The zero-order chi connectivity index (χ0) is 18.7. The van der Waals surface area contributed by atoms with Crippen molar-refractivity contribution < 1.29 is 14.4 Å². The molecule has 3 amide bonds. The highest BCUT2D eigenvalue weighted by atomic mass is 32.1. The van der Waals surface area contributed by atoms with Crippen LogP contribution >= 0.6 is 11.3 Å². The normalized spacial score (nSPS) is 13.2. The summed E-state index contributed by atoms with van der Waals surface area (Å²) in [6.45, 7) is 4.77. The van der Waals surface area contributed by atoms with Crippen molar-refractivity contribution in [3.8, 4) is 0 Å². The minimum atomic E-state index is -0.276. The number of hydrogen-bond acceptors (Lipinski definition) is 5. The van der Waals surface area contributed by atoms with Crippen LogP contribution in [0.5, 0.6) is 0 Å². The predicted molar refractivity (Wildman–Crippen MR) is 99.3 cm³/mol. The van der Waals surface area contributed by atoms with E-state index in [1.54, 1.807) is 35.6 Å². The minimum absolute atomic E-state index is 0.0690. The van der Waals surface area contributed by atoms with Gasteiger partial charge in [-0.2, -0.15) is 0 Å². The van der Waals surface area contributed by atoms with Gasteiger partial charge in [-0.1, -0.05) is 12.1 Å². The van der Waals surface area contributed by atoms with E-state index in [2.05, 4.69) is 10.3 Å². The molecule has 1 N–H and O–H groups in total. The molecular formula is C19H21N3O3S. The minimum Gasteiger partial charge on any atom is -0.356 e. The van der Waals surface area contributed by atoms with Crippen LogP contribution in [-0.2, 0) is 11.2 Å². The van der Waals surface area contributed by atoms with Crippen molar-refractivity contribution in [2.75, 3.05) is 13.1 Å². The number of thiazole rings is 1. The molecule has 1 aliphatic rings. The number of nitrogens with one attached hydrogen (secondary N) is 1. The SMILES string of the molecule is Cc1nc(C)c(CCNC(=O)CCCN2C(=O)c3ccccc3C2=O)s1. The maximum absolute atomic E-state index is 12.2. The van der Waals surface area contributed by atoms with Crippen molar-refractivity contribution in [3.63, 3.8) is 0 Å². The average molecular weight is 371 g/mol. The van der Waals surface area contributed by atoms with Crippen LogP contribution in [-0.4, -0.2) is 40.7 Å².